The van der Waals surface area contributed by atoms with Crippen LogP contribution in [-0.2, 0) is 11.3 Å². The fourth-order valence-corrected chi connectivity index (χ4v) is 5.35. The van der Waals surface area contributed by atoms with Crippen molar-refractivity contribution >= 4 is 45.7 Å². The highest BCUT2D eigenvalue weighted by atomic mass is 35.5. The van der Waals surface area contributed by atoms with Crippen molar-refractivity contribution in [1.82, 2.24) is 9.47 Å². The number of likely N-dealkylation sites (tertiary alicyclic amines) is 1. The first kappa shape index (κ1) is 24.9. The molecule has 5 rings (SSSR count). The highest BCUT2D eigenvalue weighted by Gasteiger charge is 2.23. The minimum Gasteiger partial charge on any atom is -0.326 e. The van der Waals surface area contributed by atoms with Gasteiger partial charge < -0.3 is 9.88 Å². The molecule has 0 spiro atoms. The second kappa shape index (κ2) is 10.7. The van der Waals surface area contributed by atoms with E-state index >= 15 is 0 Å². The van der Waals surface area contributed by atoms with Gasteiger partial charge in [-0.1, -0.05) is 55.2 Å². The van der Waals surface area contributed by atoms with Gasteiger partial charge in [0.1, 0.15) is 0 Å². The Morgan fingerprint density at radius 1 is 0.944 bits per heavy atom. The number of nitrogens with one attached hydrogen (secondary N) is 1. The fourth-order valence-electron chi connectivity index (χ4n) is 5.05. The summed E-state index contributed by atoms with van der Waals surface area (Å²) in [6, 6.07) is 24.7. The molecule has 3 aromatic carbocycles. The number of amides is 1. The molecule has 4 aromatic rings. The van der Waals surface area contributed by atoms with Crippen LogP contribution in [0.5, 0.6) is 0 Å². The lowest BCUT2D eigenvalue weighted by molar-refractivity contribution is -0.118. The normalized spacial score (nSPS) is 15.0. The predicted molar refractivity (Wildman–Crippen MR) is 150 cm³/mol. The van der Waals surface area contributed by atoms with E-state index in [2.05, 4.69) is 51.2 Å². The van der Waals surface area contributed by atoms with Crippen LogP contribution in [0.25, 0.3) is 16.6 Å². The number of carbonyl (C=O) groups excluding carboxylic acids is 1. The number of rotatable bonds is 6. The molecular formula is C30H31Cl2N3O. The Morgan fingerprint density at radius 3 is 2.39 bits per heavy atom. The Labute approximate surface area is 222 Å². The zero-order chi connectivity index (χ0) is 25.2. The number of benzene rings is 3. The summed E-state index contributed by atoms with van der Waals surface area (Å²) >= 11 is 12.5. The smallest absolute Gasteiger partial charge is 0.226 e. The number of carbonyl (C=O) groups is 1. The van der Waals surface area contributed by atoms with Crippen molar-refractivity contribution < 1.29 is 4.79 Å². The van der Waals surface area contributed by atoms with Gasteiger partial charge in [0.25, 0.3) is 0 Å². The van der Waals surface area contributed by atoms with Crippen molar-refractivity contribution in [2.45, 2.75) is 39.2 Å². The van der Waals surface area contributed by atoms with Crippen molar-refractivity contribution in [1.29, 1.82) is 0 Å². The molecule has 0 saturated carbocycles. The van der Waals surface area contributed by atoms with Crippen LogP contribution in [0.1, 0.15) is 43.9 Å². The molecule has 1 amide bonds. The number of anilines is 1. The Bertz CT molecular complexity index is 1370. The van der Waals surface area contributed by atoms with Crippen LogP contribution in [0.15, 0.2) is 72.8 Å². The number of aromatic nitrogens is 1. The number of piperidine rings is 1. The zero-order valence-corrected chi connectivity index (χ0v) is 22.2. The molecule has 1 saturated heterocycles. The zero-order valence-electron chi connectivity index (χ0n) is 20.7. The average Bonchev–Trinajstić information content (AvgIpc) is 3.22. The van der Waals surface area contributed by atoms with Crippen molar-refractivity contribution in [2.75, 3.05) is 18.4 Å². The second-order valence-corrected chi connectivity index (χ2v) is 10.8. The molecular weight excluding hydrogens is 489 g/mol. The van der Waals surface area contributed by atoms with Crippen LogP contribution in [0.3, 0.4) is 0 Å². The van der Waals surface area contributed by atoms with E-state index in [4.69, 9.17) is 23.2 Å². The maximum atomic E-state index is 12.1. The number of hydrogen-bond donors (Lipinski definition) is 1. The third-order valence-electron chi connectivity index (χ3n) is 7.05. The van der Waals surface area contributed by atoms with E-state index in [1.165, 1.54) is 16.6 Å². The maximum absolute atomic E-state index is 12.1. The summed E-state index contributed by atoms with van der Waals surface area (Å²) in [7, 11) is 0. The molecule has 1 aliphatic rings. The molecule has 1 fully saturated rings. The average molecular weight is 521 g/mol. The summed E-state index contributed by atoms with van der Waals surface area (Å²) in [6.07, 6.45) is 2.18. The molecule has 0 bridgehead atoms. The van der Waals surface area contributed by atoms with Crippen molar-refractivity contribution in [2.24, 2.45) is 5.92 Å². The standard InChI is InChI=1S/C30H31Cl2N3O/c1-20(2)30(36)33-26-5-3-4-22(16-26)21-12-14-34(15-13-21)19-28-17-23-6-7-25(32)18-29(23)35(28)27-10-8-24(31)9-11-27/h3-11,16-18,20-21H,12-15,19H2,1-2H3,(H,33,36). The number of hydrogen-bond acceptors (Lipinski definition) is 2. The third-order valence-corrected chi connectivity index (χ3v) is 7.54. The van der Waals surface area contributed by atoms with Gasteiger partial charge in [-0.25, -0.2) is 0 Å². The van der Waals surface area contributed by atoms with Gasteiger partial charge in [-0.2, -0.15) is 0 Å². The van der Waals surface area contributed by atoms with E-state index < -0.39 is 0 Å². The summed E-state index contributed by atoms with van der Waals surface area (Å²) < 4.78 is 2.30. The molecule has 1 aromatic heterocycles. The van der Waals surface area contributed by atoms with Gasteiger partial charge >= 0.3 is 0 Å². The molecule has 186 valence electrons. The van der Waals surface area contributed by atoms with Gasteiger partial charge in [0, 0.05) is 45.0 Å². The number of fused-ring (bicyclic) bond motifs is 1. The van der Waals surface area contributed by atoms with Crippen molar-refractivity contribution in [3.05, 3.63) is 94.1 Å². The van der Waals surface area contributed by atoms with E-state index in [9.17, 15) is 4.79 Å². The summed E-state index contributed by atoms with van der Waals surface area (Å²) in [5, 5.41) is 5.67. The lowest BCUT2D eigenvalue weighted by Gasteiger charge is -2.32. The molecule has 36 heavy (non-hydrogen) atoms. The summed E-state index contributed by atoms with van der Waals surface area (Å²) in [6.45, 7) is 6.74. The molecule has 1 aliphatic heterocycles. The molecule has 0 unspecified atom stereocenters. The first-order valence-electron chi connectivity index (χ1n) is 12.6. The first-order valence-corrected chi connectivity index (χ1v) is 13.3. The second-order valence-electron chi connectivity index (χ2n) is 9.97. The highest BCUT2D eigenvalue weighted by molar-refractivity contribution is 6.31. The monoisotopic (exact) mass is 519 g/mol. The Hall–Kier alpha value is -2.79. The predicted octanol–water partition coefficient (Wildman–Crippen LogP) is 7.91. The summed E-state index contributed by atoms with van der Waals surface area (Å²) in [4.78, 5) is 14.6. The lowest BCUT2D eigenvalue weighted by Crippen LogP contribution is -2.33. The Balaban J connectivity index is 1.32. The Morgan fingerprint density at radius 2 is 1.67 bits per heavy atom. The quantitative estimate of drug-likeness (QED) is 0.281. The Kier molecular flexibility index (Phi) is 7.38. The van der Waals surface area contributed by atoms with Gasteiger partial charge in [-0.15, -0.1) is 0 Å². The lowest BCUT2D eigenvalue weighted by atomic mass is 9.89. The first-order chi connectivity index (χ1) is 17.4. The van der Waals surface area contributed by atoms with Gasteiger partial charge in [-0.3, -0.25) is 9.69 Å². The fraction of sp³-hybridized carbons (Fsp3) is 0.300. The highest BCUT2D eigenvalue weighted by Crippen LogP contribution is 2.32. The molecule has 0 radical (unpaired) electrons. The van der Waals surface area contributed by atoms with Crippen molar-refractivity contribution in [3.63, 3.8) is 0 Å². The van der Waals surface area contributed by atoms with Crippen LogP contribution in [0, 0.1) is 5.92 Å². The molecule has 0 aliphatic carbocycles. The topological polar surface area (TPSA) is 37.3 Å². The van der Waals surface area contributed by atoms with Crippen LogP contribution in [0.2, 0.25) is 10.0 Å². The maximum Gasteiger partial charge on any atom is 0.226 e. The van der Waals surface area contributed by atoms with Gasteiger partial charge in [0.2, 0.25) is 5.91 Å². The van der Waals surface area contributed by atoms with E-state index in [0.717, 1.165) is 59.4 Å². The number of halogens is 2. The van der Waals surface area contributed by atoms with Gasteiger partial charge in [-0.05, 0) is 92.0 Å². The third kappa shape index (κ3) is 5.46. The largest absolute Gasteiger partial charge is 0.326 e. The summed E-state index contributed by atoms with van der Waals surface area (Å²) in [5.41, 5.74) is 5.63. The van der Waals surface area contributed by atoms with E-state index in [1.54, 1.807) is 0 Å². The molecule has 6 heteroatoms. The SMILES string of the molecule is CC(C)C(=O)Nc1cccc(C2CCN(Cc3cc4ccc(Cl)cc4n3-c3ccc(Cl)cc3)CC2)c1. The molecule has 4 nitrogen and oxygen atoms in total. The number of nitrogens with zero attached hydrogens (tertiary/aromatic N) is 2. The minimum atomic E-state index is -0.0311. The van der Waals surface area contributed by atoms with Crippen LogP contribution in [-0.4, -0.2) is 28.5 Å². The van der Waals surface area contributed by atoms with Crippen LogP contribution >= 0.6 is 23.2 Å². The molecule has 1 N–H and O–H groups in total. The van der Waals surface area contributed by atoms with Crippen molar-refractivity contribution in [3.8, 4) is 5.69 Å². The van der Waals surface area contributed by atoms with Crippen LogP contribution < -0.4 is 5.32 Å². The van der Waals surface area contributed by atoms with E-state index in [1.807, 2.05) is 50.2 Å². The minimum absolute atomic E-state index is 0.0311. The van der Waals surface area contributed by atoms with E-state index in [0.29, 0.717) is 5.92 Å². The van der Waals surface area contributed by atoms with Gasteiger partial charge in [0.05, 0.1) is 5.52 Å². The summed E-state index contributed by atoms with van der Waals surface area (Å²) in [5.74, 6) is 0.522. The molecule has 0 atom stereocenters. The molecule has 2 heterocycles. The van der Waals surface area contributed by atoms with Crippen LogP contribution in [0.4, 0.5) is 5.69 Å². The van der Waals surface area contributed by atoms with E-state index in [-0.39, 0.29) is 11.8 Å². The van der Waals surface area contributed by atoms with Gasteiger partial charge in [0.15, 0.2) is 0 Å².